The van der Waals surface area contributed by atoms with E-state index in [4.69, 9.17) is 4.74 Å². The molecule has 0 saturated heterocycles. The fourth-order valence-corrected chi connectivity index (χ4v) is 5.25. The average Bonchev–Trinajstić information content (AvgIpc) is 3.16. The minimum Gasteiger partial charge on any atom is -0.478 e. The molecule has 0 bridgehead atoms. The van der Waals surface area contributed by atoms with E-state index in [1.807, 2.05) is 18.2 Å². The number of carbonyl (C=O) groups is 3. The maximum atomic E-state index is 12.9. The smallest absolute Gasteiger partial charge is 0.341 e. The van der Waals surface area contributed by atoms with Crippen LogP contribution < -0.4 is 5.32 Å². The van der Waals surface area contributed by atoms with Crippen molar-refractivity contribution in [2.24, 2.45) is 0 Å². The second kappa shape index (κ2) is 8.69. The van der Waals surface area contributed by atoms with Gasteiger partial charge in [0, 0.05) is 17.3 Å². The Kier molecular flexibility index (Phi) is 5.81. The van der Waals surface area contributed by atoms with E-state index in [1.165, 1.54) is 36.3 Å². The number of carboxylic acids is 1. The Labute approximate surface area is 182 Å². The van der Waals surface area contributed by atoms with Gasteiger partial charge in [-0.25, -0.2) is 9.59 Å². The van der Waals surface area contributed by atoms with E-state index >= 15 is 0 Å². The van der Waals surface area contributed by atoms with E-state index < -0.39 is 17.8 Å². The number of nitrogens with zero attached hydrogens (tertiary/aromatic N) is 1. The molecule has 0 radical (unpaired) electrons. The minimum absolute atomic E-state index is 0.0214. The van der Waals surface area contributed by atoms with E-state index in [-0.39, 0.29) is 11.1 Å². The van der Waals surface area contributed by atoms with Crippen LogP contribution in [0.3, 0.4) is 0 Å². The highest BCUT2D eigenvalue weighted by atomic mass is 32.1. The number of amides is 1. The molecule has 31 heavy (non-hydrogen) atoms. The first-order valence-corrected chi connectivity index (χ1v) is 10.6. The fraction of sp³-hybridized carbons (Fsp3) is 0.217. The lowest BCUT2D eigenvalue weighted by molar-refractivity contribution is 0.0600. The number of aromatic nitrogens is 1. The van der Waals surface area contributed by atoms with Gasteiger partial charge in [-0.3, -0.25) is 9.78 Å². The summed E-state index contributed by atoms with van der Waals surface area (Å²) in [6.45, 7) is 0. The highest BCUT2D eigenvalue weighted by Crippen LogP contribution is 2.42. The molecular formula is C23H20N2O5S. The van der Waals surface area contributed by atoms with Gasteiger partial charge in [-0.15, -0.1) is 11.3 Å². The van der Waals surface area contributed by atoms with Crippen LogP contribution in [0.5, 0.6) is 0 Å². The molecule has 2 N–H and O–H groups in total. The van der Waals surface area contributed by atoms with Crippen LogP contribution in [0.1, 0.15) is 59.4 Å². The normalized spacial score (nSPS) is 15.1. The number of carboxylic acid groups (broad SMARTS) is 1. The molecule has 0 spiro atoms. The van der Waals surface area contributed by atoms with Crippen LogP contribution in [0, 0.1) is 0 Å². The molecule has 7 nitrogen and oxygen atoms in total. The number of fused-ring (bicyclic) bond motifs is 1. The molecule has 1 atom stereocenters. The topological polar surface area (TPSA) is 106 Å². The number of nitrogens with one attached hydrogen (secondary N) is 1. The van der Waals surface area contributed by atoms with Crippen molar-refractivity contribution in [3.05, 3.63) is 81.5 Å². The number of thiophene rings is 1. The predicted molar refractivity (Wildman–Crippen MR) is 116 cm³/mol. The number of methoxy groups -OCH3 is 1. The summed E-state index contributed by atoms with van der Waals surface area (Å²) >= 11 is 1.35. The summed E-state index contributed by atoms with van der Waals surface area (Å²) in [6.07, 6.45) is 4.83. The third-order valence-corrected chi connectivity index (χ3v) is 6.62. The summed E-state index contributed by atoms with van der Waals surface area (Å²) in [5.41, 5.74) is 2.27. The number of carbonyl (C=O) groups excluding carboxylic acids is 2. The second-order valence-electron chi connectivity index (χ2n) is 7.23. The summed E-state index contributed by atoms with van der Waals surface area (Å²) < 4.78 is 4.97. The van der Waals surface area contributed by atoms with Gasteiger partial charge in [0.05, 0.1) is 23.8 Å². The Bertz CT molecular complexity index is 1160. The van der Waals surface area contributed by atoms with Gasteiger partial charge in [0.1, 0.15) is 5.00 Å². The Morgan fingerprint density at radius 1 is 1.16 bits per heavy atom. The van der Waals surface area contributed by atoms with Crippen LogP contribution >= 0.6 is 11.3 Å². The Balaban J connectivity index is 1.68. The first kappa shape index (κ1) is 20.7. The highest BCUT2D eigenvalue weighted by molar-refractivity contribution is 7.17. The monoisotopic (exact) mass is 436 g/mol. The number of hydrogen-bond acceptors (Lipinski definition) is 6. The molecule has 0 saturated carbocycles. The first-order valence-electron chi connectivity index (χ1n) is 9.76. The van der Waals surface area contributed by atoms with Crippen molar-refractivity contribution in [2.75, 3.05) is 12.4 Å². The molecule has 2 aromatic heterocycles. The van der Waals surface area contributed by atoms with Crippen LogP contribution in [0.4, 0.5) is 5.00 Å². The number of ether oxygens (including phenoxy) is 1. The van der Waals surface area contributed by atoms with Gasteiger partial charge in [0.2, 0.25) is 0 Å². The molecule has 0 aliphatic heterocycles. The lowest BCUT2D eigenvalue weighted by Gasteiger charge is -2.22. The molecule has 8 heteroatoms. The van der Waals surface area contributed by atoms with E-state index in [9.17, 15) is 19.5 Å². The van der Waals surface area contributed by atoms with E-state index in [1.54, 1.807) is 0 Å². The lowest BCUT2D eigenvalue weighted by atomic mass is 9.83. The SMILES string of the molecule is COC(=O)c1c(NC(=O)c2ccncc2C(=O)O)sc2c1CCC(c1ccccc1)C2. The third-order valence-electron chi connectivity index (χ3n) is 5.45. The number of rotatable bonds is 5. The minimum atomic E-state index is -1.25. The first-order chi connectivity index (χ1) is 15.0. The van der Waals surface area contributed by atoms with E-state index in [0.29, 0.717) is 22.9 Å². The Hall–Kier alpha value is -3.52. The Morgan fingerprint density at radius 2 is 1.94 bits per heavy atom. The van der Waals surface area contributed by atoms with Crippen molar-refractivity contribution < 1.29 is 24.2 Å². The summed E-state index contributed by atoms with van der Waals surface area (Å²) in [4.78, 5) is 41.6. The van der Waals surface area contributed by atoms with Crippen molar-refractivity contribution in [1.82, 2.24) is 4.98 Å². The number of esters is 1. The van der Waals surface area contributed by atoms with Gasteiger partial charge in [-0.1, -0.05) is 30.3 Å². The fourth-order valence-electron chi connectivity index (χ4n) is 3.94. The largest absolute Gasteiger partial charge is 0.478 e. The van der Waals surface area contributed by atoms with Crippen molar-refractivity contribution in [1.29, 1.82) is 0 Å². The number of anilines is 1. The van der Waals surface area contributed by atoms with Crippen molar-refractivity contribution >= 4 is 34.2 Å². The van der Waals surface area contributed by atoms with Crippen LogP contribution in [-0.4, -0.2) is 35.0 Å². The maximum Gasteiger partial charge on any atom is 0.341 e. The van der Waals surface area contributed by atoms with Gasteiger partial charge in [0.15, 0.2) is 0 Å². The van der Waals surface area contributed by atoms with Crippen LogP contribution in [0.2, 0.25) is 0 Å². The van der Waals surface area contributed by atoms with Gasteiger partial charge < -0.3 is 15.2 Å². The van der Waals surface area contributed by atoms with Crippen LogP contribution in [-0.2, 0) is 17.6 Å². The quantitative estimate of drug-likeness (QED) is 0.582. The van der Waals surface area contributed by atoms with Crippen molar-refractivity contribution in [3.63, 3.8) is 0 Å². The van der Waals surface area contributed by atoms with E-state index in [0.717, 1.165) is 29.5 Å². The average molecular weight is 436 g/mol. The maximum absolute atomic E-state index is 12.9. The van der Waals surface area contributed by atoms with Crippen molar-refractivity contribution in [3.8, 4) is 0 Å². The molecule has 158 valence electrons. The summed E-state index contributed by atoms with van der Waals surface area (Å²) in [5, 5.41) is 12.5. The number of aromatic carboxylic acids is 1. The number of benzene rings is 1. The third kappa shape index (κ3) is 4.06. The molecule has 1 aliphatic rings. The molecular weight excluding hydrogens is 416 g/mol. The summed E-state index contributed by atoms with van der Waals surface area (Å²) in [5.74, 6) is -2.04. The standard InChI is InChI=1S/C23H20N2O5S/c1-30-23(29)19-16-8-7-14(13-5-3-2-4-6-13)11-18(16)31-21(19)25-20(26)15-9-10-24-12-17(15)22(27)28/h2-6,9-10,12,14H,7-8,11H2,1H3,(H,25,26)(H,27,28). The molecule has 4 rings (SSSR count). The zero-order valence-electron chi connectivity index (χ0n) is 16.8. The highest BCUT2D eigenvalue weighted by Gasteiger charge is 2.31. The predicted octanol–water partition coefficient (Wildman–Crippen LogP) is 4.15. The van der Waals surface area contributed by atoms with Gasteiger partial charge in [-0.2, -0.15) is 0 Å². The zero-order chi connectivity index (χ0) is 22.0. The molecule has 1 aliphatic carbocycles. The molecule has 2 heterocycles. The van der Waals surface area contributed by atoms with Gasteiger partial charge >= 0.3 is 11.9 Å². The molecule has 1 aromatic carbocycles. The van der Waals surface area contributed by atoms with Gasteiger partial charge in [0.25, 0.3) is 5.91 Å². The summed E-state index contributed by atoms with van der Waals surface area (Å²) in [7, 11) is 1.30. The van der Waals surface area contributed by atoms with Crippen molar-refractivity contribution in [2.45, 2.75) is 25.2 Å². The summed E-state index contributed by atoms with van der Waals surface area (Å²) in [6, 6.07) is 11.6. The molecule has 0 fully saturated rings. The second-order valence-corrected chi connectivity index (χ2v) is 8.34. The van der Waals surface area contributed by atoms with Gasteiger partial charge in [-0.05, 0) is 42.4 Å². The molecule has 1 amide bonds. The van der Waals surface area contributed by atoms with Crippen LogP contribution in [0.25, 0.3) is 0 Å². The Morgan fingerprint density at radius 3 is 2.65 bits per heavy atom. The molecule has 3 aromatic rings. The van der Waals surface area contributed by atoms with E-state index in [2.05, 4.69) is 22.4 Å². The molecule has 1 unspecified atom stereocenters. The zero-order valence-corrected chi connectivity index (χ0v) is 17.6. The number of pyridine rings is 1. The number of hydrogen-bond donors (Lipinski definition) is 2. The van der Waals surface area contributed by atoms with Crippen LogP contribution in [0.15, 0.2) is 48.8 Å². The lowest BCUT2D eigenvalue weighted by Crippen LogP contribution is -2.18.